The highest BCUT2D eigenvalue weighted by Gasteiger charge is 2.16. The van der Waals surface area contributed by atoms with Crippen LogP contribution in [-0.4, -0.2) is 0 Å². The minimum atomic E-state index is 1.15. The number of nitrogens with one attached hydrogen (secondary N) is 1. The number of anilines is 1. The van der Waals surface area contributed by atoms with Crippen molar-refractivity contribution in [3.8, 4) is 0 Å². The van der Waals surface area contributed by atoms with Gasteiger partial charge in [-0.15, -0.1) is 0 Å². The Bertz CT molecular complexity index is 1220. The highest BCUT2D eigenvalue weighted by molar-refractivity contribution is 8.03. The molecule has 140 valence electrons. The molecule has 1 aliphatic rings. The summed E-state index contributed by atoms with van der Waals surface area (Å²) in [6.45, 7) is 0. The van der Waals surface area contributed by atoms with Gasteiger partial charge in [0.25, 0.3) is 5.01 Å². The number of aromatic nitrogens is 1. The second kappa shape index (κ2) is 8.11. The molecule has 0 saturated carbocycles. The molecule has 4 heteroatoms. The smallest absolute Gasteiger partial charge is 0.268 e. The highest BCUT2D eigenvalue weighted by Crippen LogP contribution is 2.40. The van der Waals surface area contributed by atoms with Crippen molar-refractivity contribution in [3.63, 3.8) is 0 Å². The minimum absolute atomic E-state index is 1.15. The summed E-state index contributed by atoms with van der Waals surface area (Å²) < 4.78 is 3.53. The molecule has 1 N–H and O–H groups in total. The summed E-state index contributed by atoms with van der Waals surface area (Å²) in [7, 11) is 0. The van der Waals surface area contributed by atoms with Gasteiger partial charge < -0.3 is 5.32 Å². The van der Waals surface area contributed by atoms with Crippen molar-refractivity contribution in [2.75, 3.05) is 5.32 Å². The SMILES string of the molecule is C(=Cc1sc2ccccc2[n+]1C=Cc1ccccc1)C=C1Nc2ccccc2S1. The summed E-state index contributed by atoms with van der Waals surface area (Å²) in [6, 6.07) is 27.3. The zero-order valence-corrected chi connectivity index (χ0v) is 17.3. The molecule has 0 spiro atoms. The molecule has 1 aliphatic heterocycles. The van der Waals surface area contributed by atoms with Crippen LogP contribution >= 0.6 is 23.1 Å². The predicted octanol–water partition coefficient (Wildman–Crippen LogP) is 6.89. The fourth-order valence-corrected chi connectivity index (χ4v) is 5.21. The second-order valence-electron chi connectivity index (χ2n) is 6.62. The lowest BCUT2D eigenvalue weighted by Crippen LogP contribution is -2.26. The largest absolute Gasteiger partial charge is 0.349 e. The average Bonchev–Trinajstić information content (AvgIpc) is 3.33. The van der Waals surface area contributed by atoms with Gasteiger partial charge in [-0.1, -0.05) is 83.8 Å². The van der Waals surface area contributed by atoms with E-state index in [1.807, 2.05) is 6.07 Å². The number of fused-ring (bicyclic) bond motifs is 2. The summed E-state index contributed by atoms with van der Waals surface area (Å²) in [5.41, 5.74) is 3.59. The van der Waals surface area contributed by atoms with E-state index in [0.717, 1.165) is 5.03 Å². The monoisotopic (exact) mass is 411 g/mol. The molecule has 0 unspecified atom stereocenters. The summed E-state index contributed by atoms with van der Waals surface area (Å²) in [5, 5.41) is 5.80. The van der Waals surface area contributed by atoms with Gasteiger partial charge in [-0.05, 0) is 29.8 Å². The summed E-state index contributed by atoms with van der Waals surface area (Å²) >= 11 is 3.57. The molecule has 0 saturated heterocycles. The fourth-order valence-electron chi connectivity index (χ4n) is 3.25. The van der Waals surface area contributed by atoms with Gasteiger partial charge in [0, 0.05) is 23.1 Å². The fraction of sp³-hybridized carbons (Fsp3) is 0. The Morgan fingerprint density at radius 1 is 0.793 bits per heavy atom. The van der Waals surface area contributed by atoms with Crippen LogP contribution in [0.25, 0.3) is 28.6 Å². The van der Waals surface area contributed by atoms with E-state index in [0.29, 0.717) is 0 Å². The average molecular weight is 412 g/mol. The van der Waals surface area contributed by atoms with Crippen molar-refractivity contribution in [3.05, 3.63) is 107 Å². The normalized spacial score (nSPS) is 14.8. The molecule has 3 aromatic carbocycles. The first kappa shape index (κ1) is 18.0. The van der Waals surface area contributed by atoms with Crippen LogP contribution in [0.5, 0.6) is 0 Å². The molecule has 0 radical (unpaired) electrons. The molecule has 0 amide bonds. The van der Waals surface area contributed by atoms with Crippen LogP contribution in [0.3, 0.4) is 0 Å². The Hall–Kier alpha value is -3.08. The van der Waals surface area contributed by atoms with Gasteiger partial charge in [-0.2, -0.15) is 4.57 Å². The Balaban J connectivity index is 1.45. The maximum absolute atomic E-state index is 3.46. The van der Waals surface area contributed by atoms with E-state index in [4.69, 9.17) is 0 Å². The Kier molecular flexibility index (Phi) is 5.03. The number of hydrogen-bond donors (Lipinski definition) is 1. The summed E-state index contributed by atoms with van der Waals surface area (Å²) in [5.74, 6) is 0. The number of thiazole rings is 1. The van der Waals surface area contributed by atoms with Crippen LogP contribution in [-0.2, 0) is 0 Å². The zero-order chi connectivity index (χ0) is 19.5. The van der Waals surface area contributed by atoms with Gasteiger partial charge in [0.1, 0.15) is 4.70 Å². The van der Waals surface area contributed by atoms with Crippen molar-refractivity contribution < 1.29 is 4.57 Å². The molecule has 2 heterocycles. The van der Waals surface area contributed by atoms with E-state index in [1.165, 1.54) is 31.4 Å². The number of para-hydroxylation sites is 2. The molecular formula is C25H19N2S2+. The Morgan fingerprint density at radius 3 is 2.48 bits per heavy atom. The molecule has 2 nitrogen and oxygen atoms in total. The highest BCUT2D eigenvalue weighted by atomic mass is 32.2. The zero-order valence-electron chi connectivity index (χ0n) is 15.7. The van der Waals surface area contributed by atoms with Crippen molar-refractivity contribution in [1.82, 2.24) is 0 Å². The van der Waals surface area contributed by atoms with Crippen molar-refractivity contribution in [1.29, 1.82) is 0 Å². The lowest BCUT2D eigenvalue weighted by molar-refractivity contribution is -0.534. The van der Waals surface area contributed by atoms with E-state index in [1.54, 1.807) is 23.1 Å². The van der Waals surface area contributed by atoms with Crippen LogP contribution in [0.4, 0.5) is 5.69 Å². The molecular weight excluding hydrogens is 392 g/mol. The second-order valence-corrected chi connectivity index (χ2v) is 8.76. The number of hydrogen-bond acceptors (Lipinski definition) is 3. The van der Waals surface area contributed by atoms with E-state index in [2.05, 4.69) is 113 Å². The van der Waals surface area contributed by atoms with Gasteiger partial charge in [0.05, 0.1) is 10.7 Å². The van der Waals surface area contributed by atoms with Gasteiger partial charge in [0.15, 0.2) is 6.20 Å². The quantitative estimate of drug-likeness (QED) is 0.368. The lowest BCUT2D eigenvalue weighted by Gasteiger charge is -1.95. The van der Waals surface area contributed by atoms with Crippen LogP contribution < -0.4 is 9.88 Å². The Morgan fingerprint density at radius 2 is 1.59 bits per heavy atom. The third-order valence-corrected chi connectivity index (χ3v) is 6.78. The van der Waals surface area contributed by atoms with Crippen molar-refractivity contribution in [2.24, 2.45) is 0 Å². The minimum Gasteiger partial charge on any atom is -0.349 e. The first-order chi connectivity index (χ1) is 14.4. The molecule has 0 fully saturated rings. The van der Waals surface area contributed by atoms with Crippen molar-refractivity contribution in [2.45, 2.75) is 4.90 Å². The number of rotatable bonds is 4. The third kappa shape index (κ3) is 3.90. The topological polar surface area (TPSA) is 15.9 Å². The van der Waals surface area contributed by atoms with E-state index < -0.39 is 0 Å². The van der Waals surface area contributed by atoms with Gasteiger partial charge in [0.2, 0.25) is 5.52 Å². The van der Waals surface area contributed by atoms with Gasteiger partial charge in [-0.3, -0.25) is 0 Å². The number of allylic oxidation sites excluding steroid dienone is 2. The first-order valence-corrected chi connectivity index (χ1v) is 11.1. The molecule has 0 aliphatic carbocycles. The van der Waals surface area contributed by atoms with Crippen LogP contribution in [0.2, 0.25) is 0 Å². The van der Waals surface area contributed by atoms with E-state index in [9.17, 15) is 0 Å². The summed E-state index contributed by atoms with van der Waals surface area (Å²) in [6.07, 6.45) is 10.7. The number of thioether (sulfide) groups is 1. The predicted molar refractivity (Wildman–Crippen MR) is 127 cm³/mol. The third-order valence-electron chi connectivity index (χ3n) is 4.64. The van der Waals surface area contributed by atoms with Crippen LogP contribution in [0.15, 0.2) is 101 Å². The van der Waals surface area contributed by atoms with Crippen molar-refractivity contribution >= 4 is 57.4 Å². The molecule has 5 rings (SSSR count). The molecule has 0 atom stereocenters. The van der Waals surface area contributed by atoms with Crippen LogP contribution in [0, 0.1) is 0 Å². The van der Waals surface area contributed by atoms with E-state index in [-0.39, 0.29) is 0 Å². The van der Waals surface area contributed by atoms with Crippen LogP contribution in [0.1, 0.15) is 10.6 Å². The summed E-state index contributed by atoms with van der Waals surface area (Å²) in [4.78, 5) is 1.27. The lowest BCUT2D eigenvalue weighted by atomic mass is 10.2. The molecule has 29 heavy (non-hydrogen) atoms. The molecule has 4 aromatic rings. The number of benzene rings is 3. The van der Waals surface area contributed by atoms with Gasteiger partial charge in [-0.25, -0.2) is 0 Å². The first-order valence-electron chi connectivity index (χ1n) is 9.45. The Labute approximate surface area is 178 Å². The molecule has 1 aromatic heterocycles. The van der Waals surface area contributed by atoms with E-state index >= 15 is 0 Å². The number of nitrogens with zero attached hydrogens (tertiary/aromatic N) is 1. The maximum Gasteiger partial charge on any atom is 0.268 e. The van der Waals surface area contributed by atoms with Gasteiger partial charge >= 0.3 is 0 Å². The maximum atomic E-state index is 3.46. The standard InChI is InChI=1S/C25H18N2S2/c1-2-9-19(10-3-1)17-18-27-21-12-5-7-14-23(21)29-25(27)16-8-15-24-26-20-11-4-6-13-22(20)28-24/h1-18H/p+1. The molecule has 0 bridgehead atoms.